The van der Waals surface area contributed by atoms with Crippen molar-refractivity contribution in [2.45, 2.75) is 26.2 Å². The molecule has 1 aliphatic heterocycles. The van der Waals surface area contributed by atoms with Crippen LogP contribution in [0.4, 0.5) is 14.6 Å². The summed E-state index contributed by atoms with van der Waals surface area (Å²) < 4.78 is 27.6. The van der Waals surface area contributed by atoms with Crippen LogP contribution in [0.5, 0.6) is 0 Å². The van der Waals surface area contributed by atoms with Gasteiger partial charge in [0.2, 0.25) is 0 Å². The van der Waals surface area contributed by atoms with Gasteiger partial charge in [-0.05, 0) is 31.9 Å². The van der Waals surface area contributed by atoms with Gasteiger partial charge in [0.05, 0.1) is 12.4 Å². The Morgan fingerprint density at radius 3 is 2.90 bits per heavy atom. The topological polar surface area (TPSA) is 109 Å². The second kappa shape index (κ2) is 8.13. The molecule has 0 saturated carbocycles. The van der Waals surface area contributed by atoms with E-state index in [-0.39, 0.29) is 11.6 Å². The van der Waals surface area contributed by atoms with Crippen LogP contribution in [0.15, 0.2) is 42.6 Å². The highest BCUT2D eigenvalue weighted by atomic mass is 19.3. The molecule has 0 amide bonds. The predicted molar refractivity (Wildman–Crippen MR) is 110 cm³/mol. The average molecular weight is 412 g/mol. The van der Waals surface area contributed by atoms with Gasteiger partial charge in [-0.25, -0.2) is 28.7 Å². The van der Waals surface area contributed by atoms with E-state index in [2.05, 4.69) is 24.8 Å². The molecule has 3 aromatic heterocycles. The molecule has 0 spiro atoms. The molecule has 1 aliphatic rings. The number of nitrogens with one attached hydrogen (secondary N) is 1. The first-order valence-electron chi connectivity index (χ1n) is 9.64. The van der Waals surface area contributed by atoms with Crippen LogP contribution < -0.4 is 10.6 Å². The molecule has 3 N–H and O–H groups in total. The van der Waals surface area contributed by atoms with Crippen molar-refractivity contribution in [1.82, 2.24) is 24.3 Å². The molecular weight excluding hydrogens is 390 g/mol. The normalized spacial score (nSPS) is 17.7. The zero-order valence-electron chi connectivity index (χ0n) is 16.5. The molecule has 4 rings (SSSR count). The van der Waals surface area contributed by atoms with Crippen LogP contribution in [0.3, 0.4) is 0 Å². The second-order valence-electron chi connectivity index (χ2n) is 7.35. The van der Waals surface area contributed by atoms with E-state index in [1.807, 2.05) is 6.07 Å². The minimum atomic E-state index is -2.68. The van der Waals surface area contributed by atoms with Gasteiger partial charge in [-0.1, -0.05) is 0 Å². The maximum absolute atomic E-state index is 13.1. The molecule has 4 heterocycles. The SMILES string of the molecule is C/C(N)=C/C(=N)C1CCCN(c2ccnc(-c3cnc4cnc(C(F)F)cn34)n2)C1. The molecule has 1 unspecified atom stereocenters. The third-order valence-electron chi connectivity index (χ3n) is 5.08. The minimum Gasteiger partial charge on any atom is -0.402 e. The van der Waals surface area contributed by atoms with Gasteiger partial charge in [0.15, 0.2) is 11.5 Å². The van der Waals surface area contributed by atoms with Crippen molar-refractivity contribution in [2.75, 3.05) is 18.0 Å². The van der Waals surface area contributed by atoms with Crippen molar-refractivity contribution in [1.29, 1.82) is 5.41 Å². The molecule has 1 saturated heterocycles. The summed E-state index contributed by atoms with van der Waals surface area (Å²) >= 11 is 0. The maximum atomic E-state index is 13.1. The molecule has 30 heavy (non-hydrogen) atoms. The number of alkyl halides is 2. The van der Waals surface area contributed by atoms with E-state index in [1.54, 1.807) is 25.4 Å². The van der Waals surface area contributed by atoms with Crippen LogP contribution in [0.25, 0.3) is 17.2 Å². The van der Waals surface area contributed by atoms with Gasteiger partial charge < -0.3 is 16.0 Å². The molecular formula is C20H22F2N8. The average Bonchev–Trinajstić information content (AvgIpc) is 3.16. The van der Waals surface area contributed by atoms with Gasteiger partial charge >= 0.3 is 0 Å². The molecule has 0 radical (unpaired) electrons. The quantitative estimate of drug-likeness (QED) is 0.623. The molecule has 1 fully saturated rings. The third-order valence-corrected chi connectivity index (χ3v) is 5.08. The Kier molecular flexibility index (Phi) is 5.39. The van der Waals surface area contributed by atoms with E-state index in [1.165, 1.54) is 16.8 Å². The van der Waals surface area contributed by atoms with E-state index in [4.69, 9.17) is 11.1 Å². The summed E-state index contributed by atoms with van der Waals surface area (Å²) in [5.41, 5.74) is 7.48. The Bertz CT molecular complexity index is 1100. The zero-order valence-corrected chi connectivity index (χ0v) is 16.5. The lowest BCUT2D eigenvalue weighted by molar-refractivity contribution is 0.145. The fourth-order valence-electron chi connectivity index (χ4n) is 3.63. The molecule has 10 heteroatoms. The van der Waals surface area contributed by atoms with E-state index in [0.717, 1.165) is 25.2 Å². The van der Waals surface area contributed by atoms with Crippen LogP contribution in [0, 0.1) is 11.3 Å². The van der Waals surface area contributed by atoms with Crippen LogP contribution in [-0.4, -0.2) is 43.1 Å². The number of piperidine rings is 1. The van der Waals surface area contributed by atoms with Crippen LogP contribution in [-0.2, 0) is 0 Å². The van der Waals surface area contributed by atoms with Gasteiger partial charge in [-0.2, -0.15) is 0 Å². The van der Waals surface area contributed by atoms with Gasteiger partial charge in [0.1, 0.15) is 17.2 Å². The largest absolute Gasteiger partial charge is 0.402 e. The predicted octanol–water partition coefficient (Wildman–Crippen LogP) is 3.22. The number of allylic oxidation sites excluding steroid dienone is 2. The van der Waals surface area contributed by atoms with Gasteiger partial charge in [0, 0.05) is 42.8 Å². The summed E-state index contributed by atoms with van der Waals surface area (Å²) in [5.74, 6) is 1.19. The monoisotopic (exact) mass is 412 g/mol. The lowest BCUT2D eigenvalue weighted by Gasteiger charge is -2.33. The van der Waals surface area contributed by atoms with Crippen molar-refractivity contribution in [3.8, 4) is 11.5 Å². The number of anilines is 1. The highest BCUT2D eigenvalue weighted by Crippen LogP contribution is 2.26. The molecule has 0 aliphatic carbocycles. The first-order chi connectivity index (χ1) is 14.4. The Balaban J connectivity index is 1.63. The highest BCUT2D eigenvalue weighted by molar-refractivity contribution is 5.95. The Morgan fingerprint density at radius 1 is 1.30 bits per heavy atom. The van der Waals surface area contributed by atoms with Crippen LogP contribution in [0.1, 0.15) is 31.9 Å². The Hall–Kier alpha value is -3.43. The first kappa shape index (κ1) is 19.9. The van der Waals surface area contributed by atoms with E-state index in [0.29, 0.717) is 35.1 Å². The molecule has 0 aromatic carbocycles. The Morgan fingerprint density at radius 2 is 2.13 bits per heavy atom. The second-order valence-corrected chi connectivity index (χ2v) is 7.35. The molecule has 8 nitrogen and oxygen atoms in total. The molecule has 0 bridgehead atoms. The number of halogens is 2. The number of aromatic nitrogens is 5. The van der Waals surface area contributed by atoms with Crippen molar-refractivity contribution in [3.63, 3.8) is 0 Å². The maximum Gasteiger partial charge on any atom is 0.281 e. The number of nitrogens with two attached hydrogens (primary N) is 1. The number of hydrogen-bond acceptors (Lipinski definition) is 7. The van der Waals surface area contributed by atoms with Crippen molar-refractivity contribution in [3.05, 3.63) is 48.3 Å². The zero-order chi connectivity index (χ0) is 21.3. The van der Waals surface area contributed by atoms with Crippen molar-refractivity contribution >= 4 is 17.2 Å². The van der Waals surface area contributed by atoms with E-state index < -0.39 is 6.43 Å². The summed E-state index contributed by atoms with van der Waals surface area (Å²) in [6, 6.07) is 1.81. The van der Waals surface area contributed by atoms with Crippen molar-refractivity contribution in [2.24, 2.45) is 11.7 Å². The number of imidazole rings is 1. The number of hydrogen-bond donors (Lipinski definition) is 2. The van der Waals surface area contributed by atoms with Crippen molar-refractivity contribution < 1.29 is 8.78 Å². The lowest BCUT2D eigenvalue weighted by Crippen LogP contribution is -2.38. The van der Waals surface area contributed by atoms with Crippen LogP contribution >= 0.6 is 0 Å². The fourth-order valence-corrected chi connectivity index (χ4v) is 3.63. The first-order valence-corrected chi connectivity index (χ1v) is 9.64. The molecule has 3 aromatic rings. The summed E-state index contributed by atoms with van der Waals surface area (Å²) in [6.45, 7) is 3.25. The van der Waals surface area contributed by atoms with Gasteiger partial charge in [-0.3, -0.25) is 4.40 Å². The minimum absolute atomic E-state index is 0.0751. The standard InChI is InChI=1S/C20H22F2N8/c1-12(23)7-14(24)13-3-2-6-29(10-13)17-4-5-25-20(28-17)16-8-27-18-9-26-15(19(21)22)11-30(16)18/h4-5,7-9,11,13,19,24H,2-3,6,10,23H2,1H3/b12-7-,24-14?. The highest BCUT2D eigenvalue weighted by Gasteiger charge is 2.24. The van der Waals surface area contributed by atoms with Crippen LogP contribution in [0.2, 0.25) is 0 Å². The number of fused-ring (bicyclic) bond motifs is 1. The van der Waals surface area contributed by atoms with Gasteiger partial charge in [0.25, 0.3) is 6.43 Å². The fraction of sp³-hybridized carbons (Fsp3) is 0.350. The van der Waals surface area contributed by atoms with E-state index >= 15 is 0 Å². The molecule has 156 valence electrons. The third kappa shape index (κ3) is 3.98. The number of rotatable bonds is 5. The van der Waals surface area contributed by atoms with E-state index in [9.17, 15) is 8.78 Å². The molecule has 1 atom stereocenters. The lowest BCUT2D eigenvalue weighted by atomic mass is 9.92. The number of nitrogens with zero attached hydrogens (tertiary/aromatic N) is 6. The Labute approximate surface area is 172 Å². The summed E-state index contributed by atoms with van der Waals surface area (Å²) in [6.07, 6.45) is 6.65. The summed E-state index contributed by atoms with van der Waals surface area (Å²) in [5, 5.41) is 8.27. The summed E-state index contributed by atoms with van der Waals surface area (Å²) in [4.78, 5) is 19.0. The van der Waals surface area contributed by atoms with Gasteiger partial charge in [-0.15, -0.1) is 0 Å². The smallest absolute Gasteiger partial charge is 0.281 e. The summed E-state index contributed by atoms with van der Waals surface area (Å²) in [7, 11) is 0.